The van der Waals surface area contributed by atoms with Crippen molar-refractivity contribution in [2.24, 2.45) is 0 Å². The Kier molecular flexibility index (Phi) is 6.14. The summed E-state index contributed by atoms with van der Waals surface area (Å²) in [6, 6.07) is 14.2. The van der Waals surface area contributed by atoms with Gasteiger partial charge in [-0.15, -0.1) is 0 Å². The van der Waals surface area contributed by atoms with Crippen molar-refractivity contribution in [3.8, 4) is 0 Å². The van der Waals surface area contributed by atoms with Gasteiger partial charge < -0.3 is 14.5 Å². The van der Waals surface area contributed by atoms with E-state index in [1.165, 1.54) is 5.56 Å². The summed E-state index contributed by atoms with van der Waals surface area (Å²) in [7, 11) is 0. The maximum absolute atomic E-state index is 5.53. The monoisotopic (exact) mass is 323 g/mol. The third-order valence-corrected chi connectivity index (χ3v) is 3.11. The van der Waals surface area contributed by atoms with Crippen LogP contribution in [0.15, 0.2) is 51.6 Å². The molecular weight excluding hydrogens is 306 g/mol. The molecule has 2 rings (SSSR count). The van der Waals surface area contributed by atoms with Gasteiger partial charge in [-0.3, -0.25) is 0 Å². The van der Waals surface area contributed by atoms with Gasteiger partial charge in [-0.2, -0.15) is 0 Å². The zero-order chi connectivity index (χ0) is 13.3. The van der Waals surface area contributed by atoms with Gasteiger partial charge in [-0.25, -0.2) is 0 Å². The summed E-state index contributed by atoms with van der Waals surface area (Å²) in [5, 5.41) is 3.39. The van der Waals surface area contributed by atoms with E-state index in [0.717, 1.165) is 36.5 Å². The van der Waals surface area contributed by atoms with Crippen molar-refractivity contribution >= 4 is 15.9 Å². The summed E-state index contributed by atoms with van der Waals surface area (Å²) < 4.78 is 11.6. The summed E-state index contributed by atoms with van der Waals surface area (Å²) >= 11 is 3.27. The molecule has 1 N–H and O–H groups in total. The van der Waals surface area contributed by atoms with E-state index in [9.17, 15) is 0 Å². The second-order valence-corrected chi connectivity index (χ2v) is 5.06. The molecule has 0 unspecified atom stereocenters. The van der Waals surface area contributed by atoms with Crippen LogP contribution in [-0.4, -0.2) is 13.2 Å². The lowest BCUT2D eigenvalue weighted by Crippen LogP contribution is -2.16. The first-order chi connectivity index (χ1) is 9.34. The predicted molar refractivity (Wildman–Crippen MR) is 78.8 cm³/mol. The van der Waals surface area contributed by atoms with Gasteiger partial charge in [0.2, 0.25) is 0 Å². The number of ether oxygens (including phenoxy) is 1. The van der Waals surface area contributed by atoms with Gasteiger partial charge in [-0.1, -0.05) is 30.3 Å². The summed E-state index contributed by atoms with van der Waals surface area (Å²) in [6.45, 7) is 3.13. The van der Waals surface area contributed by atoms with E-state index in [4.69, 9.17) is 9.15 Å². The average molecular weight is 324 g/mol. The van der Waals surface area contributed by atoms with Crippen LogP contribution in [0, 0.1) is 0 Å². The zero-order valence-electron chi connectivity index (χ0n) is 10.8. The van der Waals surface area contributed by atoms with Gasteiger partial charge in [0, 0.05) is 13.2 Å². The van der Waals surface area contributed by atoms with Crippen LogP contribution < -0.4 is 5.32 Å². The molecule has 1 heterocycles. The quantitative estimate of drug-likeness (QED) is 0.751. The summed E-state index contributed by atoms with van der Waals surface area (Å²) in [6.07, 6.45) is 0.995. The van der Waals surface area contributed by atoms with E-state index in [1.54, 1.807) is 0 Å². The van der Waals surface area contributed by atoms with Crippen LogP contribution in [0.3, 0.4) is 0 Å². The van der Waals surface area contributed by atoms with E-state index in [2.05, 4.69) is 45.5 Å². The largest absolute Gasteiger partial charge is 0.452 e. The number of furan rings is 1. The Balaban J connectivity index is 1.48. The van der Waals surface area contributed by atoms with Crippen molar-refractivity contribution in [3.63, 3.8) is 0 Å². The van der Waals surface area contributed by atoms with Crippen LogP contribution in [0.5, 0.6) is 0 Å². The molecule has 0 radical (unpaired) electrons. The maximum atomic E-state index is 5.53. The van der Waals surface area contributed by atoms with Crippen LogP contribution >= 0.6 is 15.9 Å². The summed E-state index contributed by atoms with van der Waals surface area (Å²) in [4.78, 5) is 0. The van der Waals surface area contributed by atoms with Crippen molar-refractivity contribution in [2.75, 3.05) is 13.2 Å². The fourth-order valence-corrected chi connectivity index (χ4v) is 2.07. The van der Waals surface area contributed by atoms with Crippen molar-refractivity contribution in [3.05, 3.63) is 58.5 Å². The average Bonchev–Trinajstić information content (AvgIpc) is 2.85. The van der Waals surface area contributed by atoms with Gasteiger partial charge in [0.15, 0.2) is 4.67 Å². The van der Waals surface area contributed by atoms with Gasteiger partial charge in [0.05, 0.1) is 0 Å². The Bertz CT molecular complexity index is 470. The minimum absolute atomic E-state index is 0.532. The Morgan fingerprint density at radius 2 is 1.95 bits per heavy atom. The highest BCUT2D eigenvalue weighted by molar-refractivity contribution is 9.10. The molecule has 1 aromatic carbocycles. The fraction of sp³-hybridized carbons (Fsp3) is 0.333. The first kappa shape index (κ1) is 14.3. The Morgan fingerprint density at radius 3 is 2.68 bits per heavy atom. The highest BCUT2D eigenvalue weighted by atomic mass is 79.9. The molecule has 0 amide bonds. The second-order valence-electron chi connectivity index (χ2n) is 4.27. The number of rotatable bonds is 8. The van der Waals surface area contributed by atoms with Crippen LogP contribution in [0.2, 0.25) is 0 Å². The summed E-state index contributed by atoms with van der Waals surface area (Å²) in [5.74, 6) is 0.851. The van der Waals surface area contributed by atoms with Gasteiger partial charge in [0.25, 0.3) is 0 Å². The molecular formula is C15H18BrNO2. The molecule has 102 valence electrons. The lowest BCUT2D eigenvalue weighted by Gasteiger charge is -2.05. The minimum atomic E-state index is 0.532. The fourth-order valence-electron chi connectivity index (χ4n) is 1.73. The third-order valence-electron chi connectivity index (χ3n) is 2.69. The predicted octanol–water partition coefficient (Wildman–Crippen LogP) is 3.74. The number of hydrogen-bond donors (Lipinski definition) is 1. The van der Waals surface area contributed by atoms with Gasteiger partial charge >= 0.3 is 0 Å². The first-order valence-electron chi connectivity index (χ1n) is 6.41. The van der Waals surface area contributed by atoms with Crippen molar-refractivity contribution in [1.29, 1.82) is 0 Å². The minimum Gasteiger partial charge on any atom is -0.452 e. The van der Waals surface area contributed by atoms with Crippen LogP contribution in [0.4, 0.5) is 0 Å². The molecule has 0 saturated heterocycles. The Labute approximate surface area is 122 Å². The van der Waals surface area contributed by atoms with E-state index in [1.807, 2.05) is 18.2 Å². The number of halogens is 1. The number of hydrogen-bond acceptors (Lipinski definition) is 3. The standard InChI is InChI=1S/C15H18BrNO2/c16-15-8-7-14(19-15)12-18-10-4-9-17-11-13-5-2-1-3-6-13/h1-3,5-8,17H,4,9-12H2. The van der Waals surface area contributed by atoms with Crippen molar-refractivity contribution < 1.29 is 9.15 Å². The summed E-state index contributed by atoms with van der Waals surface area (Å²) in [5.41, 5.74) is 1.31. The zero-order valence-corrected chi connectivity index (χ0v) is 12.4. The van der Waals surface area contributed by atoms with Gasteiger partial charge in [0.1, 0.15) is 12.4 Å². The molecule has 0 aliphatic heterocycles. The first-order valence-corrected chi connectivity index (χ1v) is 7.20. The van der Waals surface area contributed by atoms with Crippen molar-refractivity contribution in [2.45, 2.75) is 19.6 Å². The number of nitrogens with one attached hydrogen (secondary N) is 1. The molecule has 0 aliphatic carbocycles. The third kappa shape index (κ3) is 5.59. The van der Waals surface area contributed by atoms with E-state index in [-0.39, 0.29) is 0 Å². The van der Waals surface area contributed by atoms with Gasteiger partial charge in [-0.05, 0) is 46.6 Å². The molecule has 0 atom stereocenters. The second kappa shape index (κ2) is 8.15. The molecule has 4 heteroatoms. The van der Waals surface area contributed by atoms with Crippen molar-refractivity contribution in [1.82, 2.24) is 5.32 Å². The lowest BCUT2D eigenvalue weighted by molar-refractivity contribution is 0.103. The molecule has 3 nitrogen and oxygen atoms in total. The van der Waals surface area contributed by atoms with Crippen LogP contribution in [0.1, 0.15) is 17.7 Å². The molecule has 0 spiro atoms. The topological polar surface area (TPSA) is 34.4 Å². The molecule has 19 heavy (non-hydrogen) atoms. The molecule has 2 aromatic rings. The highest BCUT2D eigenvalue weighted by Crippen LogP contribution is 2.14. The van der Waals surface area contributed by atoms with Crippen LogP contribution in [-0.2, 0) is 17.9 Å². The smallest absolute Gasteiger partial charge is 0.169 e. The maximum Gasteiger partial charge on any atom is 0.169 e. The van der Waals surface area contributed by atoms with E-state index in [0.29, 0.717) is 6.61 Å². The molecule has 0 saturated carbocycles. The van der Waals surface area contributed by atoms with E-state index < -0.39 is 0 Å². The van der Waals surface area contributed by atoms with E-state index >= 15 is 0 Å². The molecule has 0 fully saturated rings. The highest BCUT2D eigenvalue weighted by Gasteiger charge is 1.99. The Hall–Kier alpha value is -1.10. The molecule has 0 aliphatic rings. The normalized spacial score (nSPS) is 10.8. The lowest BCUT2D eigenvalue weighted by atomic mass is 10.2. The Morgan fingerprint density at radius 1 is 1.11 bits per heavy atom. The molecule has 0 bridgehead atoms. The molecule has 1 aromatic heterocycles. The SMILES string of the molecule is Brc1ccc(COCCCNCc2ccccc2)o1. The number of benzene rings is 1. The van der Waals surface area contributed by atoms with Crippen LogP contribution in [0.25, 0.3) is 0 Å².